The van der Waals surface area contributed by atoms with Crippen LogP contribution in [0.4, 0.5) is 4.39 Å². The lowest BCUT2D eigenvalue weighted by atomic mass is 10.1. The lowest BCUT2D eigenvalue weighted by molar-refractivity contribution is 0.523. The van der Waals surface area contributed by atoms with Crippen LogP contribution in [0.25, 0.3) is 11.0 Å². The highest BCUT2D eigenvalue weighted by atomic mass is 79.9. The van der Waals surface area contributed by atoms with Crippen LogP contribution < -0.4 is 5.32 Å². The van der Waals surface area contributed by atoms with Gasteiger partial charge >= 0.3 is 0 Å². The molecule has 1 aromatic carbocycles. The molecule has 2 nitrogen and oxygen atoms in total. The van der Waals surface area contributed by atoms with E-state index in [4.69, 9.17) is 4.42 Å². The van der Waals surface area contributed by atoms with Crippen molar-refractivity contribution in [1.82, 2.24) is 5.32 Å². The summed E-state index contributed by atoms with van der Waals surface area (Å²) in [6, 6.07) is 2.95. The van der Waals surface area contributed by atoms with E-state index < -0.39 is 0 Å². The van der Waals surface area contributed by atoms with Crippen LogP contribution in [0.15, 0.2) is 21.0 Å². The topological polar surface area (TPSA) is 25.2 Å². The SMILES string of the molecule is CCc1c(CNC)oc2c(Br)cc(F)cc12. The number of aryl methyl sites for hydroxylation is 1. The van der Waals surface area contributed by atoms with Gasteiger partial charge in [0.15, 0.2) is 0 Å². The highest BCUT2D eigenvalue weighted by Crippen LogP contribution is 2.32. The number of halogens is 2. The van der Waals surface area contributed by atoms with E-state index in [-0.39, 0.29) is 5.82 Å². The summed E-state index contributed by atoms with van der Waals surface area (Å²) >= 11 is 3.32. The second-order valence-corrected chi connectivity index (χ2v) is 4.51. The van der Waals surface area contributed by atoms with Crippen LogP contribution in [0, 0.1) is 5.82 Å². The van der Waals surface area contributed by atoms with Gasteiger partial charge in [0.2, 0.25) is 0 Å². The second kappa shape index (κ2) is 4.55. The number of nitrogens with one attached hydrogen (secondary N) is 1. The van der Waals surface area contributed by atoms with Crippen molar-refractivity contribution in [3.8, 4) is 0 Å². The average molecular weight is 286 g/mol. The van der Waals surface area contributed by atoms with E-state index in [1.54, 1.807) is 0 Å². The smallest absolute Gasteiger partial charge is 0.149 e. The van der Waals surface area contributed by atoms with Crippen molar-refractivity contribution in [3.05, 3.63) is 33.7 Å². The molecule has 0 amide bonds. The molecule has 0 saturated heterocycles. The van der Waals surface area contributed by atoms with Gasteiger partial charge in [-0.15, -0.1) is 0 Å². The third kappa shape index (κ3) is 1.87. The molecular weight excluding hydrogens is 273 g/mol. The van der Waals surface area contributed by atoms with Crippen LogP contribution in [-0.4, -0.2) is 7.05 Å². The molecule has 0 bridgehead atoms. The fourth-order valence-corrected chi connectivity index (χ4v) is 2.43. The number of hydrogen-bond donors (Lipinski definition) is 1. The first-order valence-electron chi connectivity index (χ1n) is 5.21. The standard InChI is InChI=1S/C12H13BrFNO/c1-3-8-9-4-7(14)5-10(13)12(9)16-11(8)6-15-2/h4-5,15H,3,6H2,1-2H3. The fourth-order valence-electron chi connectivity index (χ4n) is 1.91. The zero-order chi connectivity index (χ0) is 11.7. The molecule has 0 aliphatic rings. The third-order valence-corrected chi connectivity index (χ3v) is 3.18. The molecule has 1 aromatic heterocycles. The molecule has 1 heterocycles. The molecule has 2 aromatic rings. The first kappa shape index (κ1) is 11.6. The van der Waals surface area contributed by atoms with Gasteiger partial charge in [-0.2, -0.15) is 0 Å². The molecule has 1 N–H and O–H groups in total. The summed E-state index contributed by atoms with van der Waals surface area (Å²) in [6.07, 6.45) is 0.833. The van der Waals surface area contributed by atoms with Gasteiger partial charge in [-0.1, -0.05) is 6.92 Å². The molecule has 0 saturated carbocycles. The Hall–Kier alpha value is -0.870. The molecule has 0 spiro atoms. The summed E-state index contributed by atoms with van der Waals surface area (Å²) in [4.78, 5) is 0. The van der Waals surface area contributed by atoms with Crippen molar-refractivity contribution in [3.63, 3.8) is 0 Å². The van der Waals surface area contributed by atoms with E-state index >= 15 is 0 Å². The molecule has 86 valence electrons. The normalized spacial score (nSPS) is 11.2. The maximum absolute atomic E-state index is 13.3. The maximum atomic E-state index is 13.3. The summed E-state index contributed by atoms with van der Waals surface area (Å²) in [7, 11) is 1.86. The number of fused-ring (bicyclic) bond motifs is 1. The van der Waals surface area contributed by atoms with Crippen LogP contribution in [-0.2, 0) is 13.0 Å². The van der Waals surface area contributed by atoms with Crippen molar-refractivity contribution < 1.29 is 8.81 Å². The first-order chi connectivity index (χ1) is 7.67. The zero-order valence-electron chi connectivity index (χ0n) is 9.23. The Morgan fingerprint density at radius 1 is 1.44 bits per heavy atom. The summed E-state index contributed by atoms with van der Waals surface area (Å²) < 4.78 is 19.7. The molecule has 4 heteroatoms. The summed E-state index contributed by atoms with van der Waals surface area (Å²) in [5.74, 6) is 0.636. The highest BCUT2D eigenvalue weighted by molar-refractivity contribution is 9.10. The molecule has 0 aliphatic carbocycles. The van der Waals surface area contributed by atoms with Gasteiger partial charge in [-0.3, -0.25) is 0 Å². The lowest BCUT2D eigenvalue weighted by Gasteiger charge is -1.98. The quantitative estimate of drug-likeness (QED) is 0.932. The molecule has 16 heavy (non-hydrogen) atoms. The van der Waals surface area contributed by atoms with E-state index in [2.05, 4.69) is 21.2 Å². The molecule has 0 unspecified atom stereocenters. The fraction of sp³-hybridized carbons (Fsp3) is 0.333. The average Bonchev–Trinajstić information content (AvgIpc) is 2.56. The molecule has 0 aliphatic heterocycles. The van der Waals surface area contributed by atoms with Gasteiger partial charge in [0.1, 0.15) is 17.2 Å². The van der Waals surface area contributed by atoms with E-state index in [0.29, 0.717) is 11.0 Å². The van der Waals surface area contributed by atoms with Crippen molar-refractivity contribution in [2.75, 3.05) is 7.05 Å². The van der Waals surface area contributed by atoms with E-state index in [1.807, 2.05) is 14.0 Å². The van der Waals surface area contributed by atoms with Crippen molar-refractivity contribution in [1.29, 1.82) is 0 Å². The van der Waals surface area contributed by atoms with Gasteiger partial charge in [0.25, 0.3) is 0 Å². The molecule has 0 atom stereocenters. The van der Waals surface area contributed by atoms with Gasteiger partial charge in [-0.25, -0.2) is 4.39 Å². The van der Waals surface area contributed by atoms with Crippen LogP contribution in [0.1, 0.15) is 18.2 Å². The van der Waals surface area contributed by atoms with Crippen LogP contribution >= 0.6 is 15.9 Å². The first-order valence-corrected chi connectivity index (χ1v) is 6.00. The molecular formula is C12H13BrFNO. The van der Waals surface area contributed by atoms with E-state index in [1.165, 1.54) is 12.1 Å². The minimum Gasteiger partial charge on any atom is -0.458 e. The maximum Gasteiger partial charge on any atom is 0.149 e. The highest BCUT2D eigenvalue weighted by Gasteiger charge is 2.15. The van der Waals surface area contributed by atoms with Crippen molar-refractivity contribution >= 4 is 26.9 Å². The zero-order valence-corrected chi connectivity index (χ0v) is 10.8. The Morgan fingerprint density at radius 3 is 2.81 bits per heavy atom. The molecule has 0 radical (unpaired) electrons. The minimum absolute atomic E-state index is 0.245. The minimum atomic E-state index is -0.245. The number of hydrogen-bond acceptors (Lipinski definition) is 2. The molecule has 0 fully saturated rings. The van der Waals surface area contributed by atoms with Gasteiger partial charge in [0, 0.05) is 10.9 Å². The molecule has 2 rings (SSSR count). The van der Waals surface area contributed by atoms with Gasteiger partial charge in [-0.05, 0) is 41.5 Å². The Kier molecular flexibility index (Phi) is 3.30. The van der Waals surface area contributed by atoms with Crippen molar-refractivity contribution in [2.45, 2.75) is 19.9 Å². The van der Waals surface area contributed by atoms with Gasteiger partial charge in [0.05, 0.1) is 11.0 Å². The number of benzene rings is 1. The Balaban J connectivity index is 2.71. The largest absolute Gasteiger partial charge is 0.458 e. The lowest BCUT2D eigenvalue weighted by Crippen LogP contribution is -2.05. The van der Waals surface area contributed by atoms with Crippen LogP contribution in [0.5, 0.6) is 0 Å². The predicted molar refractivity (Wildman–Crippen MR) is 66.0 cm³/mol. The van der Waals surface area contributed by atoms with Crippen LogP contribution in [0.2, 0.25) is 0 Å². The summed E-state index contributed by atoms with van der Waals surface area (Å²) in [6.45, 7) is 2.70. The van der Waals surface area contributed by atoms with E-state index in [0.717, 1.165) is 28.7 Å². The second-order valence-electron chi connectivity index (χ2n) is 3.65. The Morgan fingerprint density at radius 2 is 2.19 bits per heavy atom. The third-order valence-electron chi connectivity index (χ3n) is 2.59. The van der Waals surface area contributed by atoms with Crippen LogP contribution in [0.3, 0.4) is 0 Å². The number of rotatable bonds is 3. The number of furan rings is 1. The van der Waals surface area contributed by atoms with Gasteiger partial charge < -0.3 is 9.73 Å². The van der Waals surface area contributed by atoms with Crippen molar-refractivity contribution in [2.24, 2.45) is 0 Å². The summed E-state index contributed by atoms with van der Waals surface area (Å²) in [5, 5.41) is 3.91. The summed E-state index contributed by atoms with van der Waals surface area (Å²) in [5.41, 5.74) is 1.80. The predicted octanol–water partition coefficient (Wildman–Crippen LogP) is 3.62. The Labute approximate surface area is 102 Å². The Bertz CT molecular complexity index is 521. The monoisotopic (exact) mass is 285 g/mol. The van der Waals surface area contributed by atoms with E-state index in [9.17, 15) is 4.39 Å².